The van der Waals surface area contributed by atoms with Gasteiger partial charge in [-0.2, -0.15) is 0 Å². The lowest BCUT2D eigenvalue weighted by Crippen LogP contribution is -2.53. The third-order valence-corrected chi connectivity index (χ3v) is 10.6. The number of imide groups is 2. The van der Waals surface area contributed by atoms with E-state index in [4.69, 9.17) is 11.5 Å². The predicted octanol–water partition coefficient (Wildman–Crippen LogP) is 4.57. The molecule has 0 aromatic heterocycles. The lowest BCUT2D eigenvalue weighted by Gasteiger charge is -2.37. The number of nitrogens with zero attached hydrogens (tertiary/aromatic N) is 2. The van der Waals surface area contributed by atoms with Crippen LogP contribution in [0.15, 0.2) is 36.4 Å². The fourth-order valence-electron chi connectivity index (χ4n) is 5.74. The number of hydrogen-bond donors (Lipinski definition) is 3. The van der Waals surface area contributed by atoms with Gasteiger partial charge in [0.1, 0.15) is 6.29 Å². The lowest BCUT2D eigenvalue weighted by atomic mass is 9.85. The van der Waals surface area contributed by atoms with Crippen molar-refractivity contribution in [1.29, 1.82) is 0 Å². The van der Waals surface area contributed by atoms with Gasteiger partial charge in [-0.15, -0.1) is 0 Å². The van der Waals surface area contributed by atoms with Crippen LogP contribution < -0.4 is 11.5 Å². The Bertz CT molecular complexity index is 1370. The average molecular weight is 615 g/mol. The SMILES string of the molecule is CC(C)CC(C(=O)N(C)C(=O)[C@@H](N)C(C)(C)C)C(CCCCCN)P(=O)(O)CN1C(=O)c2cccc3cccc(c23)C1=O. The van der Waals surface area contributed by atoms with Crippen LogP contribution in [0.2, 0.25) is 0 Å². The maximum absolute atomic E-state index is 14.4. The first-order valence-corrected chi connectivity index (χ1v) is 16.9. The van der Waals surface area contributed by atoms with E-state index in [-0.39, 0.29) is 29.9 Å². The van der Waals surface area contributed by atoms with E-state index < -0.39 is 60.3 Å². The molecule has 11 heteroatoms. The zero-order valence-electron chi connectivity index (χ0n) is 26.2. The Morgan fingerprint density at radius 2 is 1.53 bits per heavy atom. The van der Waals surface area contributed by atoms with Crippen LogP contribution in [0.3, 0.4) is 0 Å². The molecule has 0 bridgehead atoms. The number of hydrogen-bond acceptors (Lipinski definition) is 7. The number of nitrogens with two attached hydrogens (primary N) is 2. The molecule has 4 amide bonds. The predicted molar refractivity (Wildman–Crippen MR) is 169 cm³/mol. The Morgan fingerprint density at radius 3 is 2.02 bits per heavy atom. The number of amides is 4. The fraction of sp³-hybridized carbons (Fsp3) is 0.562. The molecule has 10 nitrogen and oxygen atoms in total. The quantitative estimate of drug-likeness (QED) is 0.168. The molecule has 43 heavy (non-hydrogen) atoms. The normalized spacial score (nSPS) is 17.1. The molecule has 1 heterocycles. The summed E-state index contributed by atoms with van der Waals surface area (Å²) in [5, 5.41) is 1.25. The van der Waals surface area contributed by atoms with Gasteiger partial charge in [-0.25, -0.2) is 0 Å². The minimum atomic E-state index is -4.41. The van der Waals surface area contributed by atoms with Gasteiger partial charge in [0.2, 0.25) is 19.2 Å². The summed E-state index contributed by atoms with van der Waals surface area (Å²) >= 11 is 0. The Morgan fingerprint density at radius 1 is 0.977 bits per heavy atom. The van der Waals surface area contributed by atoms with Crippen LogP contribution in [-0.4, -0.2) is 69.9 Å². The van der Waals surface area contributed by atoms with E-state index in [2.05, 4.69) is 0 Å². The number of rotatable bonds is 13. The molecule has 1 aliphatic rings. The monoisotopic (exact) mass is 614 g/mol. The van der Waals surface area contributed by atoms with Gasteiger partial charge in [0.25, 0.3) is 11.8 Å². The topological polar surface area (TPSA) is 164 Å². The van der Waals surface area contributed by atoms with Crippen molar-refractivity contribution in [2.75, 3.05) is 19.9 Å². The maximum Gasteiger partial charge on any atom is 0.261 e. The summed E-state index contributed by atoms with van der Waals surface area (Å²) in [5.74, 6) is -3.54. The van der Waals surface area contributed by atoms with Crippen LogP contribution in [0, 0.1) is 17.3 Å². The van der Waals surface area contributed by atoms with Gasteiger partial charge in [0.15, 0.2) is 0 Å². The van der Waals surface area contributed by atoms with Crippen LogP contribution in [0.5, 0.6) is 0 Å². The van der Waals surface area contributed by atoms with Gasteiger partial charge >= 0.3 is 0 Å². The summed E-state index contributed by atoms with van der Waals surface area (Å²) in [6, 6.07) is 9.26. The standard InChI is InChI=1S/C32H47N4O6P/c1-20(2)18-24(28(37)35(6)31(40)27(34)32(3,4)5)25(16-8-7-9-17-33)43(41,42)19-36-29(38)22-14-10-12-21-13-11-15-23(26(21)22)30(36)39/h10-15,20,24-25,27H,7-9,16-19,33-34H2,1-6H3,(H,41,42)/t24?,25?,27-/m1/s1. The summed E-state index contributed by atoms with van der Waals surface area (Å²) in [6.45, 7) is 9.64. The number of carbonyl (C=O) groups excluding carboxylic acids is 4. The molecule has 0 saturated carbocycles. The van der Waals surface area contributed by atoms with Crippen molar-refractivity contribution in [3.63, 3.8) is 0 Å². The number of carbonyl (C=O) groups is 4. The van der Waals surface area contributed by atoms with E-state index >= 15 is 0 Å². The molecule has 236 valence electrons. The Balaban J connectivity index is 2.02. The van der Waals surface area contributed by atoms with E-state index in [1.165, 1.54) is 7.05 Å². The van der Waals surface area contributed by atoms with E-state index in [0.717, 1.165) is 15.2 Å². The highest BCUT2D eigenvalue weighted by Gasteiger charge is 2.47. The van der Waals surface area contributed by atoms with Gasteiger partial charge in [-0.05, 0) is 54.7 Å². The molecule has 0 saturated heterocycles. The van der Waals surface area contributed by atoms with Crippen molar-refractivity contribution in [1.82, 2.24) is 9.80 Å². The Labute approximate surface area is 254 Å². The van der Waals surface area contributed by atoms with Crippen molar-refractivity contribution < 1.29 is 28.6 Å². The van der Waals surface area contributed by atoms with Gasteiger partial charge in [0.05, 0.1) is 12.0 Å². The van der Waals surface area contributed by atoms with Crippen LogP contribution in [0.4, 0.5) is 0 Å². The molecular formula is C32H47N4O6P. The van der Waals surface area contributed by atoms with E-state index in [0.29, 0.717) is 31.2 Å². The first-order valence-electron chi connectivity index (χ1n) is 15.0. The molecule has 0 aliphatic carbocycles. The van der Waals surface area contributed by atoms with Crippen molar-refractivity contribution in [2.24, 2.45) is 28.7 Å². The zero-order chi connectivity index (χ0) is 32.3. The van der Waals surface area contributed by atoms with E-state index in [1.54, 1.807) is 57.2 Å². The van der Waals surface area contributed by atoms with Gasteiger partial charge in [-0.1, -0.05) is 71.7 Å². The van der Waals surface area contributed by atoms with Crippen molar-refractivity contribution in [2.45, 2.75) is 78.4 Å². The van der Waals surface area contributed by atoms with Crippen LogP contribution >= 0.6 is 7.37 Å². The summed E-state index contributed by atoms with van der Waals surface area (Å²) in [5.41, 5.74) is 10.7. The number of unbranched alkanes of at least 4 members (excludes halogenated alkanes) is 2. The molecule has 4 atom stereocenters. The van der Waals surface area contributed by atoms with Gasteiger partial charge < -0.3 is 16.4 Å². The van der Waals surface area contributed by atoms with Crippen LogP contribution in [-0.2, 0) is 14.2 Å². The van der Waals surface area contributed by atoms with Crippen molar-refractivity contribution >= 4 is 41.8 Å². The highest BCUT2D eigenvalue weighted by molar-refractivity contribution is 7.58. The molecule has 5 N–H and O–H groups in total. The van der Waals surface area contributed by atoms with Gasteiger partial charge in [0, 0.05) is 29.2 Å². The summed E-state index contributed by atoms with van der Waals surface area (Å²) in [4.78, 5) is 68.0. The minimum absolute atomic E-state index is 0.0528. The largest absolute Gasteiger partial charge is 0.343 e. The molecule has 2 aromatic rings. The minimum Gasteiger partial charge on any atom is -0.343 e. The second-order valence-corrected chi connectivity index (χ2v) is 15.6. The molecule has 0 fully saturated rings. The smallest absolute Gasteiger partial charge is 0.261 e. The first-order chi connectivity index (χ1) is 20.0. The first kappa shape index (κ1) is 34.6. The second kappa shape index (κ2) is 13.8. The highest BCUT2D eigenvalue weighted by Crippen LogP contribution is 2.54. The van der Waals surface area contributed by atoms with Crippen LogP contribution in [0.1, 0.15) is 87.4 Å². The van der Waals surface area contributed by atoms with E-state index in [9.17, 15) is 28.6 Å². The lowest BCUT2D eigenvalue weighted by molar-refractivity contribution is -0.148. The summed E-state index contributed by atoms with van der Waals surface area (Å²) in [7, 11) is -3.06. The third-order valence-electron chi connectivity index (χ3n) is 8.29. The molecule has 1 aliphatic heterocycles. The van der Waals surface area contributed by atoms with Gasteiger partial charge in [-0.3, -0.25) is 33.5 Å². The third kappa shape index (κ3) is 7.60. The fourth-order valence-corrected chi connectivity index (χ4v) is 8.01. The Hall–Kier alpha value is -2.91. The summed E-state index contributed by atoms with van der Waals surface area (Å²) < 4.78 is 14.4. The summed E-state index contributed by atoms with van der Waals surface area (Å²) in [6.07, 6.45) is 1.57. The molecule has 2 aromatic carbocycles. The van der Waals surface area contributed by atoms with E-state index in [1.807, 2.05) is 13.8 Å². The zero-order valence-corrected chi connectivity index (χ0v) is 27.1. The number of benzene rings is 2. The van der Waals surface area contributed by atoms with Crippen molar-refractivity contribution in [3.8, 4) is 0 Å². The highest BCUT2D eigenvalue weighted by atomic mass is 31.2. The second-order valence-electron chi connectivity index (χ2n) is 13.2. The Kier molecular flexibility index (Phi) is 11.1. The average Bonchev–Trinajstić information content (AvgIpc) is 2.94. The van der Waals surface area contributed by atoms with Crippen LogP contribution in [0.25, 0.3) is 10.8 Å². The molecule has 3 unspecified atom stereocenters. The van der Waals surface area contributed by atoms with Crippen molar-refractivity contribution in [3.05, 3.63) is 47.5 Å². The molecular weight excluding hydrogens is 567 g/mol. The maximum atomic E-state index is 14.4. The molecule has 0 spiro atoms. The molecule has 0 radical (unpaired) electrons. The number of likely N-dealkylation sites (N-methyl/N-ethyl adjacent to an activating group) is 1. The molecule has 3 rings (SSSR count).